The molecule has 3 aromatic rings. The summed E-state index contributed by atoms with van der Waals surface area (Å²) >= 11 is 1.53. The van der Waals surface area contributed by atoms with E-state index in [1.807, 2.05) is 19.1 Å². The molecule has 6 nitrogen and oxygen atoms in total. The highest BCUT2D eigenvalue weighted by Gasteiger charge is 2.30. The summed E-state index contributed by atoms with van der Waals surface area (Å²) in [5.41, 5.74) is 1.13. The summed E-state index contributed by atoms with van der Waals surface area (Å²) in [4.78, 5) is 8.63. The van der Waals surface area contributed by atoms with Gasteiger partial charge in [-0.2, -0.15) is 4.52 Å². The maximum absolute atomic E-state index is 10.9. The number of thiazole rings is 1. The Balaban J connectivity index is 1.81. The predicted molar refractivity (Wildman–Crippen MR) is 102 cm³/mol. The second-order valence-electron chi connectivity index (χ2n) is 6.64. The molecule has 1 atom stereocenters. The van der Waals surface area contributed by atoms with Gasteiger partial charge in [0.2, 0.25) is 10.8 Å². The number of aromatic nitrogens is 3. The Bertz CT molecular complexity index is 898. The van der Waals surface area contributed by atoms with Crippen LogP contribution in [0.5, 0.6) is 11.6 Å². The zero-order chi connectivity index (χ0) is 18.1. The Kier molecular flexibility index (Phi) is 4.82. The summed E-state index contributed by atoms with van der Waals surface area (Å²) in [5.74, 6) is 1.79. The third kappa shape index (κ3) is 3.05. The van der Waals surface area contributed by atoms with Crippen molar-refractivity contribution in [1.29, 1.82) is 0 Å². The number of fused-ring (bicyclic) bond motifs is 1. The van der Waals surface area contributed by atoms with Crippen LogP contribution in [0, 0.1) is 0 Å². The highest BCUT2D eigenvalue weighted by atomic mass is 32.1. The molecular formula is C19H24N4O2S. The van der Waals surface area contributed by atoms with Crippen LogP contribution >= 0.6 is 11.3 Å². The molecular weight excluding hydrogens is 348 g/mol. The fraction of sp³-hybridized carbons (Fsp3) is 0.474. The zero-order valence-corrected chi connectivity index (χ0v) is 16.0. The number of aromatic hydroxyl groups is 1. The lowest BCUT2D eigenvalue weighted by molar-refractivity contribution is 0.186. The lowest BCUT2D eigenvalue weighted by atomic mass is 10.00. The molecule has 1 aliphatic rings. The van der Waals surface area contributed by atoms with Crippen molar-refractivity contribution in [2.24, 2.45) is 0 Å². The maximum atomic E-state index is 10.9. The molecule has 1 aromatic carbocycles. The SMILES string of the molecule is CCc1nc2sc([C@@H](c3cccc(OC)c3)N3CCCCC3)c(O)n2n1. The minimum Gasteiger partial charge on any atom is -0.497 e. The molecule has 0 amide bonds. The average molecular weight is 372 g/mol. The summed E-state index contributed by atoms with van der Waals surface area (Å²) in [7, 11) is 1.68. The fourth-order valence-corrected chi connectivity index (χ4v) is 4.77. The molecule has 0 aliphatic carbocycles. The van der Waals surface area contributed by atoms with E-state index in [2.05, 4.69) is 27.1 Å². The number of ether oxygens (including phenoxy) is 1. The van der Waals surface area contributed by atoms with Crippen LogP contribution in [-0.4, -0.2) is 44.8 Å². The molecule has 1 saturated heterocycles. The first-order chi connectivity index (χ1) is 12.7. The van der Waals surface area contributed by atoms with E-state index in [9.17, 15) is 5.11 Å². The van der Waals surface area contributed by atoms with E-state index in [0.717, 1.165) is 46.5 Å². The molecule has 1 aliphatic heterocycles. The van der Waals surface area contributed by atoms with Gasteiger partial charge in [-0.25, -0.2) is 4.98 Å². The first-order valence-electron chi connectivity index (χ1n) is 9.16. The van der Waals surface area contributed by atoms with Crippen LogP contribution < -0.4 is 4.74 Å². The molecule has 0 bridgehead atoms. The van der Waals surface area contributed by atoms with Crippen LogP contribution in [0.2, 0.25) is 0 Å². The van der Waals surface area contributed by atoms with Crippen molar-refractivity contribution in [3.8, 4) is 11.6 Å². The van der Waals surface area contributed by atoms with E-state index in [1.54, 1.807) is 11.6 Å². The summed E-state index contributed by atoms with van der Waals surface area (Å²) in [5, 5.41) is 15.3. The van der Waals surface area contributed by atoms with Gasteiger partial charge in [0.15, 0.2) is 5.82 Å². The van der Waals surface area contributed by atoms with Crippen LogP contribution in [0.1, 0.15) is 48.5 Å². The molecule has 26 heavy (non-hydrogen) atoms. The van der Waals surface area contributed by atoms with Crippen molar-refractivity contribution >= 4 is 16.3 Å². The van der Waals surface area contributed by atoms with Crippen molar-refractivity contribution in [2.75, 3.05) is 20.2 Å². The second-order valence-corrected chi connectivity index (χ2v) is 7.65. The Labute approximate surface area is 157 Å². The van der Waals surface area contributed by atoms with E-state index < -0.39 is 0 Å². The van der Waals surface area contributed by atoms with Crippen molar-refractivity contribution in [1.82, 2.24) is 19.5 Å². The first-order valence-corrected chi connectivity index (χ1v) is 9.98. The van der Waals surface area contributed by atoms with Gasteiger partial charge in [-0.05, 0) is 43.6 Å². The Morgan fingerprint density at radius 1 is 1.27 bits per heavy atom. The summed E-state index contributed by atoms with van der Waals surface area (Å²) < 4.78 is 7.00. The van der Waals surface area contributed by atoms with Gasteiger partial charge in [0.25, 0.3) is 0 Å². The van der Waals surface area contributed by atoms with E-state index in [0.29, 0.717) is 0 Å². The average Bonchev–Trinajstić information content (AvgIpc) is 3.23. The minimum atomic E-state index is -0.0102. The number of aryl methyl sites for hydroxylation is 1. The lowest BCUT2D eigenvalue weighted by Gasteiger charge is -2.34. The van der Waals surface area contributed by atoms with Gasteiger partial charge < -0.3 is 9.84 Å². The number of benzene rings is 1. The number of nitrogens with zero attached hydrogens (tertiary/aromatic N) is 4. The second kappa shape index (κ2) is 7.25. The number of piperidine rings is 1. The van der Waals surface area contributed by atoms with Crippen molar-refractivity contribution in [3.63, 3.8) is 0 Å². The molecule has 138 valence electrons. The maximum Gasteiger partial charge on any atom is 0.230 e. The monoisotopic (exact) mass is 372 g/mol. The smallest absolute Gasteiger partial charge is 0.230 e. The number of hydrogen-bond donors (Lipinski definition) is 1. The van der Waals surface area contributed by atoms with Gasteiger partial charge in [-0.3, -0.25) is 4.90 Å². The van der Waals surface area contributed by atoms with Crippen LogP contribution in [0.15, 0.2) is 24.3 Å². The predicted octanol–water partition coefficient (Wildman–Crippen LogP) is 3.64. The molecule has 1 N–H and O–H groups in total. The Morgan fingerprint density at radius 3 is 2.77 bits per heavy atom. The Morgan fingerprint density at radius 2 is 2.08 bits per heavy atom. The van der Waals surface area contributed by atoms with E-state index in [1.165, 1.54) is 30.6 Å². The number of hydrogen-bond acceptors (Lipinski definition) is 6. The van der Waals surface area contributed by atoms with Gasteiger partial charge in [-0.1, -0.05) is 36.8 Å². The number of likely N-dealkylation sites (tertiary alicyclic amines) is 1. The molecule has 3 heterocycles. The standard InChI is InChI=1S/C19H24N4O2S/c1-3-15-20-19-23(21-15)18(24)17(26-19)16(22-10-5-4-6-11-22)13-8-7-9-14(12-13)25-2/h7-9,12,16,24H,3-6,10-11H2,1-2H3/t16-/m1/s1. The quantitative estimate of drug-likeness (QED) is 0.741. The Hall–Kier alpha value is -2.12. The third-order valence-electron chi connectivity index (χ3n) is 4.97. The van der Waals surface area contributed by atoms with E-state index in [4.69, 9.17) is 4.74 Å². The fourth-order valence-electron chi connectivity index (χ4n) is 3.63. The number of rotatable bonds is 5. The van der Waals surface area contributed by atoms with E-state index >= 15 is 0 Å². The normalized spacial score (nSPS) is 16.8. The first kappa shape index (κ1) is 17.3. The van der Waals surface area contributed by atoms with Gasteiger partial charge in [-0.15, -0.1) is 5.10 Å². The van der Waals surface area contributed by atoms with Crippen molar-refractivity contribution < 1.29 is 9.84 Å². The van der Waals surface area contributed by atoms with Crippen LogP contribution in [0.4, 0.5) is 0 Å². The summed E-state index contributed by atoms with van der Waals surface area (Å²) in [6, 6.07) is 8.12. The lowest BCUT2D eigenvalue weighted by Crippen LogP contribution is -2.34. The zero-order valence-electron chi connectivity index (χ0n) is 15.2. The van der Waals surface area contributed by atoms with Crippen molar-refractivity contribution in [3.05, 3.63) is 40.5 Å². The van der Waals surface area contributed by atoms with E-state index in [-0.39, 0.29) is 11.9 Å². The molecule has 7 heteroatoms. The van der Waals surface area contributed by atoms with Crippen molar-refractivity contribution in [2.45, 2.75) is 38.6 Å². The van der Waals surface area contributed by atoms with Crippen LogP contribution in [0.3, 0.4) is 0 Å². The summed E-state index contributed by atoms with van der Waals surface area (Å²) in [6.07, 6.45) is 4.39. The highest BCUT2D eigenvalue weighted by Crippen LogP contribution is 2.41. The summed E-state index contributed by atoms with van der Waals surface area (Å²) in [6.45, 7) is 4.06. The van der Waals surface area contributed by atoms with Gasteiger partial charge in [0.05, 0.1) is 18.0 Å². The third-order valence-corrected chi connectivity index (χ3v) is 6.05. The molecule has 0 radical (unpaired) electrons. The molecule has 0 saturated carbocycles. The molecule has 0 spiro atoms. The molecule has 0 unspecified atom stereocenters. The minimum absolute atomic E-state index is 0.0102. The van der Waals surface area contributed by atoms with Crippen LogP contribution in [0.25, 0.3) is 4.96 Å². The molecule has 4 rings (SSSR count). The van der Waals surface area contributed by atoms with Gasteiger partial charge >= 0.3 is 0 Å². The molecule has 1 fully saturated rings. The van der Waals surface area contributed by atoms with Gasteiger partial charge in [0, 0.05) is 6.42 Å². The topological polar surface area (TPSA) is 62.9 Å². The van der Waals surface area contributed by atoms with Crippen LogP contribution in [-0.2, 0) is 6.42 Å². The largest absolute Gasteiger partial charge is 0.497 e. The molecule has 2 aromatic heterocycles. The number of methoxy groups -OCH3 is 1. The highest BCUT2D eigenvalue weighted by molar-refractivity contribution is 7.17. The van der Waals surface area contributed by atoms with Gasteiger partial charge in [0.1, 0.15) is 5.75 Å².